The van der Waals surface area contributed by atoms with Crippen LogP contribution in [0.4, 0.5) is 0 Å². The average molecular weight is 387 g/mol. The molecule has 1 amide bonds. The van der Waals surface area contributed by atoms with Crippen LogP contribution in [0.15, 0.2) is 18.2 Å². The monoisotopic (exact) mass is 387 g/mol. The fraction of sp³-hybridized carbons (Fsp3) is 0.636. The molecule has 1 N–H and O–H groups in total. The summed E-state index contributed by atoms with van der Waals surface area (Å²) >= 11 is 0. The zero-order valence-electron chi connectivity index (χ0n) is 16.4. The lowest BCUT2D eigenvalue weighted by Gasteiger charge is -2.33. The van der Waals surface area contributed by atoms with E-state index in [9.17, 15) is 14.7 Å². The second kappa shape index (κ2) is 8.02. The van der Waals surface area contributed by atoms with Gasteiger partial charge in [0.1, 0.15) is 6.04 Å². The van der Waals surface area contributed by atoms with Gasteiger partial charge in [-0.25, -0.2) is 4.79 Å². The third-order valence-electron chi connectivity index (χ3n) is 6.61. The Balaban J connectivity index is 1.61. The Labute approximate surface area is 165 Å². The molecule has 0 radical (unpaired) electrons. The molecule has 152 valence electrons. The molecule has 3 unspecified atom stereocenters. The third kappa shape index (κ3) is 3.56. The molecular weight excluding hydrogens is 358 g/mol. The van der Waals surface area contributed by atoms with E-state index >= 15 is 0 Å². The van der Waals surface area contributed by atoms with Crippen LogP contribution < -0.4 is 9.47 Å². The number of likely N-dealkylation sites (tertiary alicyclic amines) is 1. The maximum atomic E-state index is 13.4. The second-order valence-corrected chi connectivity index (χ2v) is 8.30. The molecule has 3 fully saturated rings. The zero-order valence-corrected chi connectivity index (χ0v) is 16.4. The Morgan fingerprint density at radius 1 is 1.04 bits per heavy atom. The number of fused-ring (bicyclic) bond motifs is 1. The van der Waals surface area contributed by atoms with E-state index in [1.807, 2.05) is 0 Å². The highest BCUT2D eigenvalue weighted by Crippen LogP contribution is 2.41. The summed E-state index contributed by atoms with van der Waals surface area (Å²) in [5.74, 6) is 0.368. The van der Waals surface area contributed by atoms with E-state index in [1.165, 1.54) is 0 Å². The largest absolute Gasteiger partial charge is 0.493 e. The molecule has 28 heavy (non-hydrogen) atoms. The van der Waals surface area contributed by atoms with Crippen molar-refractivity contribution in [1.82, 2.24) is 4.90 Å². The first-order valence-electron chi connectivity index (χ1n) is 10.5. The number of rotatable bonds is 5. The van der Waals surface area contributed by atoms with Gasteiger partial charge in [-0.3, -0.25) is 4.79 Å². The summed E-state index contributed by atoms with van der Waals surface area (Å²) in [5.41, 5.74) is 0.478. The van der Waals surface area contributed by atoms with Gasteiger partial charge in [-0.05, 0) is 69.1 Å². The number of benzene rings is 1. The maximum absolute atomic E-state index is 13.4. The van der Waals surface area contributed by atoms with Crippen LogP contribution in [-0.2, 0) is 4.79 Å². The van der Waals surface area contributed by atoms with E-state index in [1.54, 1.807) is 30.2 Å². The molecule has 2 aliphatic carbocycles. The maximum Gasteiger partial charge on any atom is 0.326 e. The molecular formula is C22H29NO5. The van der Waals surface area contributed by atoms with Gasteiger partial charge in [0.05, 0.1) is 13.2 Å². The molecule has 0 bridgehead atoms. The number of carbonyl (C=O) groups is 2. The van der Waals surface area contributed by atoms with Crippen molar-refractivity contribution >= 4 is 11.9 Å². The highest BCUT2D eigenvalue weighted by atomic mass is 16.5. The molecule has 2 saturated carbocycles. The third-order valence-corrected chi connectivity index (χ3v) is 6.61. The summed E-state index contributed by atoms with van der Waals surface area (Å²) in [6, 6.07) is 4.50. The van der Waals surface area contributed by atoms with Gasteiger partial charge in [0.25, 0.3) is 5.91 Å². The second-order valence-electron chi connectivity index (χ2n) is 8.30. The molecule has 3 aliphatic rings. The fourth-order valence-corrected chi connectivity index (χ4v) is 5.21. The summed E-state index contributed by atoms with van der Waals surface area (Å²) in [4.78, 5) is 26.9. The molecule has 1 aromatic carbocycles. The first-order chi connectivity index (χ1) is 13.6. The molecule has 3 atom stereocenters. The average Bonchev–Trinajstić information content (AvgIpc) is 3.35. The highest BCUT2D eigenvalue weighted by molar-refractivity contribution is 5.98. The van der Waals surface area contributed by atoms with Crippen molar-refractivity contribution in [3.63, 3.8) is 0 Å². The molecule has 0 aromatic heterocycles. The van der Waals surface area contributed by atoms with Gasteiger partial charge in [-0.1, -0.05) is 12.8 Å². The van der Waals surface area contributed by atoms with Gasteiger partial charge in [-0.2, -0.15) is 0 Å². The number of carboxylic acids is 1. The Hall–Kier alpha value is -2.24. The molecule has 6 heteroatoms. The molecule has 1 saturated heterocycles. The molecule has 6 nitrogen and oxygen atoms in total. The van der Waals surface area contributed by atoms with Crippen molar-refractivity contribution in [2.24, 2.45) is 5.92 Å². The van der Waals surface area contributed by atoms with E-state index in [-0.39, 0.29) is 18.1 Å². The van der Waals surface area contributed by atoms with Crippen LogP contribution in [0.2, 0.25) is 0 Å². The minimum atomic E-state index is -0.904. The number of hydrogen-bond donors (Lipinski definition) is 1. The number of ether oxygens (including phenoxy) is 2. The number of carbonyl (C=O) groups excluding carboxylic acids is 1. The van der Waals surface area contributed by atoms with Crippen LogP contribution in [0, 0.1) is 5.92 Å². The van der Waals surface area contributed by atoms with Crippen LogP contribution >= 0.6 is 0 Å². The Bertz CT molecular complexity index is 742. The summed E-state index contributed by atoms with van der Waals surface area (Å²) in [5, 5.41) is 9.71. The van der Waals surface area contributed by atoms with Gasteiger partial charge < -0.3 is 19.5 Å². The molecule has 1 heterocycles. The van der Waals surface area contributed by atoms with Crippen molar-refractivity contribution in [2.75, 3.05) is 7.11 Å². The normalized spacial score (nSPS) is 27.5. The zero-order chi connectivity index (χ0) is 19.7. The number of methoxy groups -OCH3 is 1. The minimum absolute atomic E-state index is 0.0312. The Kier molecular flexibility index (Phi) is 5.47. The van der Waals surface area contributed by atoms with Gasteiger partial charge in [-0.15, -0.1) is 0 Å². The van der Waals surface area contributed by atoms with Crippen molar-refractivity contribution in [2.45, 2.75) is 76.0 Å². The number of hydrogen-bond acceptors (Lipinski definition) is 4. The van der Waals surface area contributed by atoms with E-state index in [0.29, 0.717) is 29.4 Å². The SMILES string of the molecule is COc1ccc(C(=O)N2C(C(=O)O)CC3CCCCC32)cc1OC1CCCC1. The first kappa shape index (κ1) is 19.1. The fourth-order valence-electron chi connectivity index (χ4n) is 5.21. The van der Waals surface area contributed by atoms with Gasteiger partial charge in [0.2, 0.25) is 0 Å². The number of aliphatic carboxylic acids is 1. The summed E-state index contributed by atoms with van der Waals surface area (Å²) in [7, 11) is 1.59. The lowest BCUT2D eigenvalue weighted by molar-refractivity contribution is -0.141. The van der Waals surface area contributed by atoms with Gasteiger partial charge in [0.15, 0.2) is 11.5 Å². The van der Waals surface area contributed by atoms with Gasteiger partial charge >= 0.3 is 5.97 Å². The van der Waals surface area contributed by atoms with E-state index in [0.717, 1.165) is 51.4 Å². The summed E-state index contributed by atoms with van der Waals surface area (Å²) in [6.45, 7) is 0. The molecule has 1 aliphatic heterocycles. The van der Waals surface area contributed by atoms with Crippen LogP contribution in [0.25, 0.3) is 0 Å². The summed E-state index contributed by atoms with van der Waals surface area (Å²) in [6.07, 6.45) is 9.13. The Morgan fingerprint density at radius 3 is 2.46 bits per heavy atom. The van der Waals surface area contributed by atoms with Crippen LogP contribution in [0.3, 0.4) is 0 Å². The predicted octanol–water partition coefficient (Wildman–Crippen LogP) is 3.87. The minimum Gasteiger partial charge on any atom is -0.493 e. The Morgan fingerprint density at radius 2 is 1.75 bits per heavy atom. The van der Waals surface area contributed by atoms with Gasteiger partial charge in [0, 0.05) is 11.6 Å². The topological polar surface area (TPSA) is 76.1 Å². The number of nitrogens with zero attached hydrogens (tertiary/aromatic N) is 1. The van der Waals surface area contributed by atoms with Crippen LogP contribution in [0.1, 0.15) is 68.1 Å². The lowest BCUT2D eigenvalue weighted by Crippen LogP contribution is -2.46. The standard InChI is InChI=1S/C22H29NO5/c1-27-19-11-10-15(13-20(19)28-16-7-3-4-8-16)21(24)23-17-9-5-2-6-14(17)12-18(23)22(25)26/h10-11,13-14,16-18H,2-9,12H2,1H3,(H,25,26). The van der Waals surface area contributed by atoms with Crippen LogP contribution in [-0.4, -0.2) is 47.2 Å². The molecule has 0 spiro atoms. The van der Waals surface area contributed by atoms with E-state index in [4.69, 9.17) is 9.47 Å². The van der Waals surface area contributed by atoms with Crippen molar-refractivity contribution in [1.29, 1.82) is 0 Å². The van der Waals surface area contributed by atoms with Crippen molar-refractivity contribution < 1.29 is 24.2 Å². The number of carboxylic acid groups (broad SMARTS) is 1. The van der Waals surface area contributed by atoms with Crippen LogP contribution in [0.5, 0.6) is 11.5 Å². The molecule has 4 rings (SSSR count). The van der Waals surface area contributed by atoms with Crippen molar-refractivity contribution in [3.05, 3.63) is 23.8 Å². The smallest absolute Gasteiger partial charge is 0.326 e. The summed E-state index contributed by atoms with van der Waals surface area (Å²) < 4.78 is 11.5. The highest BCUT2D eigenvalue weighted by Gasteiger charge is 2.47. The predicted molar refractivity (Wildman–Crippen MR) is 104 cm³/mol. The molecule has 1 aromatic rings. The van der Waals surface area contributed by atoms with Crippen molar-refractivity contribution in [3.8, 4) is 11.5 Å². The first-order valence-corrected chi connectivity index (χ1v) is 10.5. The van der Waals surface area contributed by atoms with E-state index in [2.05, 4.69) is 0 Å². The number of amides is 1. The quantitative estimate of drug-likeness (QED) is 0.830. The van der Waals surface area contributed by atoms with E-state index < -0.39 is 12.0 Å². The lowest BCUT2D eigenvalue weighted by atomic mass is 9.84.